The SMILES string of the molecule is C\C=C(OC)/C(=C\CC)C(/CCCC1CCCCC1)=N/C(C(=O)NN1CCCCC1)=C(\C)CC. The minimum atomic E-state index is -0.0821. The molecule has 0 unspecified atom stereocenters. The number of nitrogens with zero attached hydrogens (tertiary/aromatic N) is 2. The van der Waals surface area contributed by atoms with Crippen LogP contribution in [0.1, 0.15) is 111 Å². The Morgan fingerprint density at radius 1 is 1.09 bits per heavy atom. The number of carbonyl (C=O) groups excluding carboxylic acids is 1. The highest BCUT2D eigenvalue weighted by atomic mass is 16.5. The van der Waals surface area contributed by atoms with E-state index in [0.29, 0.717) is 5.70 Å². The third kappa shape index (κ3) is 9.05. The van der Waals surface area contributed by atoms with E-state index >= 15 is 0 Å². The molecule has 34 heavy (non-hydrogen) atoms. The van der Waals surface area contributed by atoms with E-state index in [1.807, 2.05) is 19.9 Å². The lowest BCUT2D eigenvalue weighted by Crippen LogP contribution is -2.45. The predicted octanol–water partition coefficient (Wildman–Crippen LogP) is 7.27. The van der Waals surface area contributed by atoms with Crippen molar-refractivity contribution in [1.29, 1.82) is 0 Å². The summed E-state index contributed by atoms with van der Waals surface area (Å²) in [6, 6.07) is 0. The Morgan fingerprint density at radius 3 is 2.35 bits per heavy atom. The Morgan fingerprint density at radius 2 is 1.76 bits per heavy atom. The lowest BCUT2D eigenvalue weighted by molar-refractivity contribution is -0.122. The number of hydrogen-bond acceptors (Lipinski definition) is 4. The molecule has 1 aliphatic heterocycles. The van der Waals surface area contributed by atoms with Gasteiger partial charge in [0.2, 0.25) is 0 Å². The smallest absolute Gasteiger partial charge is 0.284 e. The van der Waals surface area contributed by atoms with E-state index in [0.717, 1.165) is 80.1 Å². The molecule has 2 aliphatic rings. The van der Waals surface area contributed by atoms with Gasteiger partial charge in [-0.2, -0.15) is 0 Å². The van der Waals surface area contributed by atoms with Crippen molar-refractivity contribution in [2.45, 2.75) is 111 Å². The van der Waals surface area contributed by atoms with Crippen molar-refractivity contribution in [3.05, 3.63) is 34.8 Å². The van der Waals surface area contributed by atoms with Crippen molar-refractivity contribution < 1.29 is 9.53 Å². The second-order valence-electron chi connectivity index (χ2n) is 9.81. The van der Waals surface area contributed by atoms with Gasteiger partial charge in [0.25, 0.3) is 5.91 Å². The first-order valence-corrected chi connectivity index (χ1v) is 13.8. The number of carbonyl (C=O) groups is 1. The summed E-state index contributed by atoms with van der Waals surface area (Å²) in [4.78, 5) is 18.5. The molecule has 1 N–H and O–H groups in total. The van der Waals surface area contributed by atoms with Crippen LogP contribution >= 0.6 is 0 Å². The van der Waals surface area contributed by atoms with Crippen LogP contribution < -0.4 is 5.43 Å². The van der Waals surface area contributed by atoms with Gasteiger partial charge in [-0.05, 0) is 69.9 Å². The Bertz CT molecular complexity index is 751. The van der Waals surface area contributed by atoms with E-state index < -0.39 is 0 Å². The minimum absolute atomic E-state index is 0.0821. The molecular weight excluding hydrogens is 422 g/mol. The van der Waals surface area contributed by atoms with Crippen molar-refractivity contribution in [3.63, 3.8) is 0 Å². The summed E-state index contributed by atoms with van der Waals surface area (Å²) in [7, 11) is 1.72. The molecule has 0 spiro atoms. The number of nitrogens with one attached hydrogen (secondary N) is 1. The quantitative estimate of drug-likeness (QED) is 0.141. The van der Waals surface area contributed by atoms with Crippen LogP contribution in [0.4, 0.5) is 0 Å². The molecule has 1 aliphatic carbocycles. The molecule has 2 rings (SSSR count). The normalized spacial score (nSPS) is 20.2. The Labute approximate surface area is 208 Å². The molecule has 0 aromatic rings. The molecule has 0 radical (unpaired) electrons. The maximum atomic E-state index is 13.4. The van der Waals surface area contributed by atoms with Gasteiger partial charge in [-0.25, -0.2) is 10.0 Å². The van der Waals surface area contributed by atoms with Gasteiger partial charge < -0.3 is 4.74 Å². The van der Waals surface area contributed by atoms with Crippen LogP contribution in [0.15, 0.2) is 39.7 Å². The van der Waals surface area contributed by atoms with Gasteiger partial charge in [0.15, 0.2) is 0 Å². The molecular formula is C29H49N3O2. The molecule has 0 bridgehead atoms. The number of hydrazine groups is 1. The average molecular weight is 472 g/mol. The number of hydrogen-bond donors (Lipinski definition) is 1. The van der Waals surface area contributed by atoms with Crippen LogP contribution in [0.3, 0.4) is 0 Å². The number of piperidine rings is 1. The highest BCUT2D eigenvalue weighted by molar-refractivity contribution is 6.07. The van der Waals surface area contributed by atoms with Crippen LogP contribution in [-0.2, 0) is 9.53 Å². The van der Waals surface area contributed by atoms with Gasteiger partial charge >= 0.3 is 0 Å². The van der Waals surface area contributed by atoms with Crippen LogP contribution in [0, 0.1) is 5.92 Å². The number of rotatable bonds is 12. The van der Waals surface area contributed by atoms with E-state index in [4.69, 9.17) is 9.73 Å². The molecule has 2 fully saturated rings. The van der Waals surface area contributed by atoms with Gasteiger partial charge in [0.05, 0.1) is 12.8 Å². The van der Waals surface area contributed by atoms with Crippen molar-refractivity contribution in [2.24, 2.45) is 10.9 Å². The topological polar surface area (TPSA) is 53.9 Å². The zero-order valence-electron chi connectivity index (χ0n) is 22.5. The fraction of sp³-hybridized carbons (Fsp3) is 0.724. The van der Waals surface area contributed by atoms with E-state index in [2.05, 4.69) is 30.4 Å². The molecule has 192 valence electrons. The van der Waals surface area contributed by atoms with Crippen LogP contribution in [0.5, 0.6) is 0 Å². The molecule has 5 nitrogen and oxygen atoms in total. The van der Waals surface area contributed by atoms with E-state index in [-0.39, 0.29) is 5.91 Å². The first-order chi connectivity index (χ1) is 16.5. The summed E-state index contributed by atoms with van der Waals surface area (Å²) in [5.41, 5.74) is 6.73. The van der Waals surface area contributed by atoms with Gasteiger partial charge in [0.1, 0.15) is 11.5 Å². The Hall–Kier alpha value is -1.88. The van der Waals surface area contributed by atoms with Crippen LogP contribution in [0.25, 0.3) is 0 Å². The minimum Gasteiger partial charge on any atom is -0.496 e. The standard InChI is InChI=1S/C29H49N3O2/c1-6-16-25(27(8-3)34-5)26(20-15-19-24-17-11-9-12-18-24)30-28(23(4)7-2)29(33)31-32-21-13-10-14-22-32/h8,16,24H,6-7,9-15,17-22H2,1-5H3,(H,31,33)/b25-16-,27-8+,28-23+,30-26+. The Balaban J connectivity index is 2.33. The molecule has 0 aromatic heterocycles. The summed E-state index contributed by atoms with van der Waals surface area (Å²) in [5.74, 6) is 1.59. The maximum absolute atomic E-state index is 13.4. The number of methoxy groups -OCH3 is 1. The third-order valence-corrected chi connectivity index (χ3v) is 7.23. The van der Waals surface area contributed by atoms with Gasteiger partial charge in [0, 0.05) is 18.7 Å². The highest BCUT2D eigenvalue weighted by Crippen LogP contribution is 2.29. The van der Waals surface area contributed by atoms with Crippen molar-refractivity contribution in [3.8, 4) is 0 Å². The number of allylic oxidation sites excluding steroid dienone is 4. The van der Waals surface area contributed by atoms with Crippen molar-refractivity contribution in [2.75, 3.05) is 20.2 Å². The second-order valence-corrected chi connectivity index (χ2v) is 9.81. The molecule has 1 heterocycles. The molecule has 1 saturated heterocycles. The first-order valence-electron chi connectivity index (χ1n) is 13.8. The van der Waals surface area contributed by atoms with E-state index in [9.17, 15) is 4.79 Å². The van der Waals surface area contributed by atoms with Crippen molar-refractivity contribution in [1.82, 2.24) is 10.4 Å². The van der Waals surface area contributed by atoms with Gasteiger partial charge in [-0.1, -0.05) is 64.9 Å². The second kappa shape index (κ2) is 15.9. The summed E-state index contributed by atoms with van der Waals surface area (Å²) < 4.78 is 5.73. The number of aliphatic imine (C=N–C) groups is 1. The molecule has 0 aromatic carbocycles. The fourth-order valence-corrected chi connectivity index (χ4v) is 5.08. The largest absolute Gasteiger partial charge is 0.496 e. The lowest BCUT2D eigenvalue weighted by Gasteiger charge is -2.27. The summed E-state index contributed by atoms with van der Waals surface area (Å²) in [5, 5.41) is 2.06. The molecule has 5 heteroatoms. The monoisotopic (exact) mass is 471 g/mol. The van der Waals surface area contributed by atoms with Crippen molar-refractivity contribution >= 4 is 11.6 Å². The zero-order valence-corrected chi connectivity index (χ0v) is 22.5. The third-order valence-electron chi connectivity index (χ3n) is 7.23. The number of ether oxygens (including phenoxy) is 1. The molecule has 0 atom stereocenters. The Kier molecular flexibility index (Phi) is 13.3. The lowest BCUT2D eigenvalue weighted by atomic mass is 9.85. The van der Waals surface area contributed by atoms with Gasteiger partial charge in [-0.15, -0.1) is 0 Å². The first kappa shape index (κ1) is 28.4. The highest BCUT2D eigenvalue weighted by Gasteiger charge is 2.21. The fourth-order valence-electron chi connectivity index (χ4n) is 5.08. The summed E-state index contributed by atoms with van der Waals surface area (Å²) in [6.07, 6.45) is 19.4. The summed E-state index contributed by atoms with van der Waals surface area (Å²) in [6.45, 7) is 10.1. The molecule has 1 saturated carbocycles. The summed E-state index contributed by atoms with van der Waals surface area (Å²) >= 11 is 0. The zero-order chi connectivity index (χ0) is 24.8. The van der Waals surface area contributed by atoms with E-state index in [1.54, 1.807) is 7.11 Å². The van der Waals surface area contributed by atoms with E-state index in [1.165, 1.54) is 44.9 Å². The maximum Gasteiger partial charge on any atom is 0.284 e. The average Bonchev–Trinajstić information content (AvgIpc) is 2.87. The van der Waals surface area contributed by atoms with Gasteiger partial charge in [-0.3, -0.25) is 10.2 Å². The predicted molar refractivity (Wildman–Crippen MR) is 144 cm³/mol. The molecule has 1 amide bonds. The number of amides is 1. The van der Waals surface area contributed by atoms with Crippen LogP contribution in [-0.4, -0.2) is 36.8 Å². The van der Waals surface area contributed by atoms with Crippen LogP contribution in [0.2, 0.25) is 0 Å².